The van der Waals surface area contributed by atoms with E-state index in [-0.39, 0.29) is 18.3 Å². The number of halogens is 1. The molecule has 0 saturated carbocycles. The maximum atomic E-state index is 13.4. The number of hydrogen-bond donors (Lipinski definition) is 2. The molecule has 1 aromatic carbocycles. The van der Waals surface area contributed by atoms with E-state index in [4.69, 9.17) is 0 Å². The van der Waals surface area contributed by atoms with Gasteiger partial charge in [0.15, 0.2) is 0 Å². The van der Waals surface area contributed by atoms with Crippen LogP contribution in [0.4, 0.5) is 4.39 Å². The second-order valence-electron chi connectivity index (χ2n) is 4.75. The highest BCUT2D eigenvalue weighted by Gasteiger charge is 2.12. The molecule has 1 aliphatic heterocycles. The molecule has 1 aromatic rings. The van der Waals surface area contributed by atoms with Crippen molar-refractivity contribution in [3.63, 3.8) is 0 Å². The Morgan fingerprint density at radius 1 is 1.32 bits per heavy atom. The third kappa shape index (κ3) is 4.61. The molecule has 1 fully saturated rings. The first-order valence-electron chi connectivity index (χ1n) is 6.69. The molecular weight excluding hydrogens is 245 g/mol. The Morgan fingerprint density at radius 2 is 2.16 bits per heavy atom. The summed E-state index contributed by atoms with van der Waals surface area (Å²) in [5, 5.41) is 6.06. The summed E-state index contributed by atoms with van der Waals surface area (Å²) in [6, 6.07) is 6.50. The van der Waals surface area contributed by atoms with Gasteiger partial charge in [-0.05, 0) is 25.6 Å². The average molecular weight is 265 g/mol. The van der Waals surface area contributed by atoms with Crippen LogP contribution in [0.25, 0.3) is 0 Å². The summed E-state index contributed by atoms with van der Waals surface area (Å²) in [7, 11) is 0. The van der Waals surface area contributed by atoms with Crippen LogP contribution in [0, 0.1) is 5.82 Å². The molecule has 1 saturated heterocycles. The van der Waals surface area contributed by atoms with E-state index in [2.05, 4.69) is 15.5 Å². The van der Waals surface area contributed by atoms with Gasteiger partial charge in [-0.3, -0.25) is 9.69 Å². The number of nitrogens with zero attached hydrogens (tertiary/aromatic N) is 1. The molecule has 0 aromatic heterocycles. The summed E-state index contributed by atoms with van der Waals surface area (Å²) in [6.45, 7) is 4.37. The Labute approximate surface area is 113 Å². The van der Waals surface area contributed by atoms with Crippen molar-refractivity contribution >= 4 is 5.91 Å². The van der Waals surface area contributed by atoms with Gasteiger partial charge in [-0.2, -0.15) is 0 Å². The van der Waals surface area contributed by atoms with Crippen molar-refractivity contribution < 1.29 is 9.18 Å². The predicted molar refractivity (Wildman–Crippen MR) is 72.2 cm³/mol. The molecule has 0 radical (unpaired) electrons. The fraction of sp³-hybridized carbons (Fsp3) is 0.500. The Morgan fingerprint density at radius 3 is 3.00 bits per heavy atom. The molecule has 0 aliphatic carbocycles. The Hall–Kier alpha value is -1.46. The molecule has 0 unspecified atom stereocenters. The molecule has 19 heavy (non-hydrogen) atoms. The van der Waals surface area contributed by atoms with Crippen LogP contribution in [0.3, 0.4) is 0 Å². The van der Waals surface area contributed by atoms with Gasteiger partial charge in [0.2, 0.25) is 5.91 Å². The number of hydrogen-bond acceptors (Lipinski definition) is 3. The fourth-order valence-corrected chi connectivity index (χ4v) is 2.15. The summed E-state index contributed by atoms with van der Waals surface area (Å²) < 4.78 is 13.4. The highest BCUT2D eigenvalue weighted by Crippen LogP contribution is 2.05. The number of benzene rings is 1. The summed E-state index contributed by atoms with van der Waals surface area (Å²) in [5.74, 6) is -0.327. The lowest BCUT2D eigenvalue weighted by molar-refractivity contribution is -0.122. The van der Waals surface area contributed by atoms with Gasteiger partial charge in [0, 0.05) is 25.2 Å². The quantitative estimate of drug-likeness (QED) is 0.844. The molecule has 104 valence electrons. The Kier molecular flexibility index (Phi) is 5.30. The van der Waals surface area contributed by atoms with Crippen molar-refractivity contribution in [3.8, 4) is 0 Å². The van der Waals surface area contributed by atoms with E-state index >= 15 is 0 Å². The molecule has 1 aliphatic rings. The lowest BCUT2D eigenvalue weighted by Crippen LogP contribution is -2.38. The van der Waals surface area contributed by atoms with Gasteiger partial charge in [-0.1, -0.05) is 18.2 Å². The van der Waals surface area contributed by atoms with E-state index in [0.717, 1.165) is 32.6 Å². The van der Waals surface area contributed by atoms with E-state index < -0.39 is 0 Å². The molecule has 2 N–H and O–H groups in total. The first kappa shape index (κ1) is 14.0. The minimum atomic E-state index is -0.276. The third-order valence-electron chi connectivity index (χ3n) is 3.23. The van der Waals surface area contributed by atoms with Gasteiger partial charge in [0.1, 0.15) is 5.82 Å². The standard InChI is InChI=1S/C14H20FN3O/c15-13-5-2-1-4-12(13)10-17-14(19)11-18-8-3-6-16-7-9-18/h1-2,4-5,16H,3,6-11H2,(H,17,19). The minimum absolute atomic E-state index is 0.0508. The van der Waals surface area contributed by atoms with Crippen molar-refractivity contribution in [2.75, 3.05) is 32.7 Å². The zero-order chi connectivity index (χ0) is 13.5. The predicted octanol–water partition coefficient (Wildman–Crippen LogP) is 0.737. The number of carbonyl (C=O) groups is 1. The first-order chi connectivity index (χ1) is 9.25. The molecule has 0 bridgehead atoms. The number of amides is 1. The van der Waals surface area contributed by atoms with E-state index in [9.17, 15) is 9.18 Å². The Bertz CT molecular complexity index is 417. The largest absolute Gasteiger partial charge is 0.351 e. The second kappa shape index (κ2) is 7.21. The zero-order valence-electron chi connectivity index (χ0n) is 11.0. The van der Waals surface area contributed by atoms with Crippen LogP contribution in [-0.4, -0.2) is 43.5 Å². The highest BCUT2D eigenvalue weighted by atomic mass is 19.1. The first-order valence-corrected chi connectivity index (χ1v) is 6.69. The summed E-state index contributed by atoms with van der Waals surface area (Å²) in [4.78, 5) is 13.9. The van der Waals surface area contributed by atoms with Crippen LogP contribution in [-0.2, 0) is 11.3 Å². The summed E-state index contributed by atoms with van der Waals surface area (Å²) in [6.07, 6.45) is 1.06. The van der Waals surface area contributed by atoms with Crippen LogP contribution < -0.4 is 10.6 Å². The van der Waals surface area contributed by atoms with Crippen LogP contribution in [0.2, 0.25) is 0 Å². The molecule has 0 spiro atoms. The van der Waals surface area contributed by atoms with Crippen molar-refractivity contribution in [2.45, 2.75) is 13.0 Å². The minimum Gasteiger partial charge on any atom is -0.351 e. The summed E-state index contributed by atoms with van der Waals surface area (Å²) in [5.41, 5.74) is 0.522. The maximum Gasteiger partial charge on any atom is 0.234 e. The van der Waals surface area contributed by atoms with Crippen molar-refractivity contribution in [2.24, 2.45) is 0 Å². The third-order valence-corrected chi connectivity index (χ3v) is 3.23. The lowest BCUT2D eigenvalue weighted by atomic mass is 10.2. The molecule has 0 atom stereocenters. The van der Waals surface area contributed by atoms with Crippen LogP contribution in [0.5, 0.6) is 0 Å². The SMILES string of the molecule is O=C(CN1CCCNCC1)NCc1ccccc1F. The molecule has 1 heterocycles. The normalized spacial score (nSPS) is 16.9. The number of nitrogens with one attached hydrogen (secondary N) is 2. The Balaban J connectivity index is 1.76. The van der Waals surface area contributed by atoms with E-state index in [1.807, 2.05) is 0 Å². The number of carbonyl (C=O) groups excluding carboxylic acids is 1. The van der Waals surface area contributed by atoms with Crippen molar-refractivity contribution in [1.29, 1.82) is 0 Å². The van der Waals surface area contributed by atoms with Gasteiger partial charge in [-0.15, -0.1) is 0 Å². The summed E-state index contributed by atoms with van der Waals surface area (Å²) >= 11 is 0. The topological polar surface area (TPSA) is 44.4 Å². The van der Waals surface area contributed by atoms with Gasteiger partial charge < -0.3 is 10.6 Å². The number of rotatable bonds is 4. The average Bonchev–Trinajstić information content (AvgIpc) is 2.66. The van der Waals surface area contributed by atoms with Crippen LogP contribution >= 0.6 is 0 Å². The van der Waals surface area contributed by atoms with E-state index in [1.54, 1.807) is 18.2 Å². The maximum absolute atomic E-state index is 13.4. The highest BCUT2D eigenvalue weighted by molar-refractivity contribution is 5.78. The zero-order valence-corrected chi connectivity index (χ0v) is 11.0. The van der Waals surface area contributed by atoms with E-state index in [1.165, 1.54) is 6.07 Å². The van der Waals surface area contributed by atoms with Crippen molar-refractivity contribution in [3.05, 3.63) is 35.6 Å². The molecule has 4 nitrogen and oxygen atoms in total. The van der Waals surface area contributed by atoms with Gasteiger partial charge in [0.05, 0.1) is 6.54 Å². The smallest absolute Gasteiger partial charge is 0.234 e. The van der Waals surface area contributed by atoms with Gasteiger partial charge in [0.25, 0.3) is 0 Å². The monoisotopic (exact) mass is 265 g/mol. The molecule has 5 heteroatoms. The van der Waals surface area contributed by atoms with Gasteiger partial charge >= 0.3 is 0 Å². The molecule has 1 amide bonds. The molecular formula is C14H20FN3O. The van der Waals surface area contributed by atoms with Crippen molar-refractivity contribution in [1.82, 2.24) is 15.5 Å². The van der Waals surface area contributed by atoms with E-state index in [0.29, 0.717) is 12.1 Å². The second-order valence-corrected chi connectivity index (χ2v) is 4.75. The van der Waals surface area contributed by atoms with Crippen LogP contribution in [0.15, 0.2) is 24.3 Å². The fourth-order valence-electron chi connectivity index (χ4n) is 2.15. The molecule has 2 rings (SSSR count). The van der Waals surface area contributed by atoms with Crippen LogP contribution in [0.1, 0.15) is 12.0 Å². The lowest BCUT2D eigenvalue weighted by Gasteiger charge is -2.18. The van der Waals surface area contributed by atoms with Gasteiger partial charge in [-0.25, -0.2) is 4.39 Å².